The highest BCUT2D eigenvalue weighted by Gasteiger charge is 2.08. The van der Waals surface area contributed by atoms with Crippen molar-refractivity contribution < 1.29 is 0 Å². The van der Waals surface area contributed by atoms with Crippen molar-refractivity contribution in [2.24, 2.45) is 5.73 Å². The zero-order valence-electron chi connectivity index (χ0n) is 11.4. The smallest absolute Gasteiger partial charge is 0.0426 e. The van der Waals surface area contributed by atoms with E-state index >= 15 is 0 Å². The number of anilines is 1. The van der Waals surface area contributed by atoms with Gasteiger partial charge in [-0.25, -0.2) is 0 Å². The summed E-state index contributed by atoms with van der Waals surface area (Å²) in [7, 11) is 2.09. The highest BCUT2D eigenvalue weighted by atomic mass is 79.9. The minimum atomic E-state index is 0.656. The maximum Gasteiger partial charge on any atom is 0.0426 e. The summed E-state index contributed by atoms with van der Waals surface area (Å²) in [6, 6.07) is 14.3. The molecule has 0 aliphatic carbocycles. The number of nitrogens with two attached hydrogens (primary N) is 1. The second-order valence-corrected chi connectivity index (χ2v) is 6.15. The van der Waals surface area contributed by atoms with E-state index < -0.39 is 0 Å². The molecule has 0 bridgehead atoms. The Morgan fingerprint density at radius 3 is 2.50 bits per heavy atom. The molecule has 2 aromatic rings. The zero-order valence-corrected chi connectivity index (χ0v) is 13.8. The number of hydrogen-bond donors (Lipinski definition) is 1. The van der Waals surface area contributed by atoms with Crippen molar-refractivity contribution in [3.63, 3.8) is 0 Å². The molecule has 0 saturated heterocycles. The molecule has 0 radical (unpaired) electrons. The lowest BCUT2D eigenvalue weighted by Crippen LogP contribution is -2.19. The van der Waals surface area contributed by atoms with E-state index in [-0.39, 0.29) is 0 Å². The fraction of sp³-hybridized carbons (Fsp3) is 0.250. The van der Waals surface area contributed by atoms with Crippen LogP contribution in [0.2, 0.25) is 5.02 Å². The summed E-state index contributed by atoms with van der Waals surface area (Å²) >= 11 is 9.45. The molecule has 0 aromatic heterocycles. The third-order valence-electron chi connectivity index (χ3n) is 3.21. The number of halogens is 2. The molecule has 2 rings (SSSR count). The van der Waals surface area contributed by atoms with Gasteiger partial charge in [-0.1, -0.05) is 45.7 Å². The van der Waals surface area contributed by atoms with Gasteiger partial charge in [-0.15, -0.1) is 0 Å². The Hall–Kier alpha value is -1.03. The van der Waals surface area contributed by atoms with E-state index in [0.29, 0.717) is 6.54 Å². The molecule has 0 unspecified atom stereocenters. The van der Waals surface area contributed by atoms with Gasteiger partial charge >= 0.3 is 0 Å². The van der Waals surface area contributed by atoms with Crippen molar-refractivity contribution in [1.29, 1.82) is 0 Å². The number of rotatable bonds is 5. The van der Waals surface area contributed by atoms with E-state index in [1.165, 1.54) is 16.8 Å². The number of nitrogens with zero attached hydrogens (tertiary/aromatic N) is 1. The second-order valence-electron chi connectivity index (χ2n) is 4.79. The maximum atomic E-state index is 5.92. The van der Waals surface area contributed by atoms with Gasteiger partial charge in [-0.05, 0) is 48.4 Å². The lowest BCUT2D eigenvalue weighted by Gasteiger charge is -2.23. The number of benzene rings is 2. The van der Waals surface area contributed by atoms with Gasteiger partial charge in [0.1, 0.15) is 0 Å². The first-order chi connectivity index (χ1) is 9.60. The van der Waals surface area contributed by atoms with Crippen LogP contribution in [0.15, 0.2) is 46.9 Å². The molecule has 0 amide bonds. The van der Waals surface area contributed by atoms with Crippen LogP contribution in [-0.2, 0) is 13.0 Å². The van der Waals surface area contributed by atoms with Gasteiger partial charge in [0.25, 0.3) is 0 Å². The van der Waals surface area contributed by atoms with E-state index in [0.717, 1.165) is 22.5 Å². The van der Waals surface area contributed by atoms with Gasteiger partial charge < -0.3 is 10.6 Å². The van der Waals surface area contributed by atoms with Crippen molar-refractivity contribution in [3.8, 4) is 0 Å². The average Bonchev–Trinajstić information content (AvgIpc) is 2.43. The van der Waals surface area contributed by atoms with Crippen LogP contribution in [0.1, 0.15) is 11.1 Å². The largest absolute Gasteiger partial charge is 0.370 e. The summed E-state index contributed by atoms with van der Waals surface area (Å²) in [6.07, 6.45) is 0.883. The topological polar surface area (TPSA) is 29.3 Å². The van der Waals surface area contributed by atoms with Crippen molar-refractivity contribution in [3.05, 3.63) is 63.1 Å². The molecule has 20 heavy (non-hydrogen) atoms. The maximum absolute atomic E-state index is 5.92. The standard InChI is InChI=1S/C16H18BrClN2/c1-20(11-12-2-6-15(18)7-3-12)16-10-14(17)5-4-13(16)8-9-19/h2-7,10H,8-9,11,19H2,1H3. The summed E-state index contributed by atoms with van der Waals surface area (Å²) in [5, 5.41) is 0.766. The third-order valence-corrected chi connectivity index (χ3v) is 3.95. The average molecular weight is 354 g/mol. The van der Waals surface area contributed by atoms with Gasteiger partial charge in [-0.3, -0.25) is 0 Å². The molecule has 0 saturated carbocycles. The zero-order chi connectivity index (χ0) is 14.5. The van der Waals surface area contributed by atoms with Crippen molar-refractivity contribution >= 4 is 33.2 Å². The fourth-order valence-corrected chi connectivity index (χ4v) is 2.68. The minimum Gasteiger partial charge on any atom is -0.370 e. The summed E-state index contributed by atoms with van der Waals surface area (Å²) in [4.78, 5) is 2.24. The van der Waals surface area contributed by atoms with E-state index in [1.54, 1.807) is 0 Å². The molecule has 0 fully saturated rings. The van der Waals surface area contributed by atoms with Crippen LogP contribution in [0.4, 0.5) is 5.69 Å². The van der Waals surface area contributed by atoms with E-state index in [9.17, 15) is 0 Å². The minimum absolute atomic E-state index is 0.656. The van der Waals surface area contributed by atoms with Gasteiger partial charge in [-0.2, -0.15) is 0 Å². The Morgan fingerprint density at radius 1 is 1.15 bits per heavy atom. The molecule has 0 aliphatic rings. The Bertz CT molecular complexity index is 569. The predicted molar refractivity (Wildman–Crippen MR) is 90.5 cm³/mol. The molecule has 0 spiro atoms. The molecule has 4 heteroatoms. The third kappa shape index (κ3) is 3.98. The molecule has 106 valence electrons. The normalized spacial score (nSPS) is 10.6. The molecule has 0 heterocycles. The Kier molecular flexibility index (Phi) is 5.46. The Labute approximate surface area is 133 Å². The van der Waals surface area contributed by atoms with Crippen molar-refractivity contribution in [2.45, 2.75) is 13.0 Å². The first kappa shape index (κ1) is 15.4. The summed E-state index contributed by atoms with van der Waals surface area (Å²) in [5.74, 6) is 0. The van der Waals surface area contributed by atoms with Crippen LogP contribution in [0.3, 0.4) is 0 Å². The van der Waals surface area contributed by atoms with Gasteiger partial charge in [0.2, 0.25) is 0 Å². The second kappa shape index (κ2) is 7.11. The van der Waals surface area contributed by atoms with Crippen LogP contribution in [0, 0.1) is 0 Å². The first-order valence-electron chi connectivity index (χ1n) is 6.54. The van der Waals surface area contributed by atoms with Gasteiger partial charge in [0.15, 0.2) is 0 Å². The Morgan fingerprint density at radius 2 is 1.85 bits per heavy atom. The van der Waals surface area contributed by atoms with E-state index in [4.69, 9.17) is 17.3 Å². The van der Waals surface area contributed by atoms with E-state index in [1.807, 2.05) is 12.1 Å². The highest BCUT2D eigenvalue weighted by molar-refractivity contribution is 9.10. The van der Waals surface area contributed by atoms with Crippen molar-refractivity contribution in [2.75, 3.05) is 18.5 Å². The predicted octanol–water partition coefficient (Wildman–Crippen LogP) is 4.24. The number of hydrogen-bond acceptors (Lipinski definition) is 2. The van der Waals surface area contributed by atoms with Crippen LogP contribution >= 0.6 is 27.5 Å². The molecular weight excluding hydrogens is 336 g/mol. The summed E-state index contributed by atoms with van der Waals surface area (Å²) in [6.45, 7) is 1.49. The van der Waals surface area contributed by atoms with Gasteiger partial charge in [0, 0.05) is 28.8 Å². The molecule has 0 aliphatic heterocycles. The highest BCUT2D eigenvalue weighted by Crippen LogP contribution is 2.26. The van der Waals surface area contributed by atoms with Crippen molar-refractivity contribution in [1.82, 2.24) is 0 Å². The molecule has 2 nitrogen and oxygen atoms in total. The van der Waals surface area contributed by atoms with Gasteiger partial charge in [0.05, 0.1) is 0 Å². The summed E-state index contributed by atoms with van der Waals surface area (Å²) < 4.78 is 1.08. The lowest BCUT2D eigenvalue weighted by atomic mass is 10.1. The van der Waals surface area contributed by atoms with Crippen LogP contribution in [0.25, 0.3) is 0 Å². The SMILES string of the molecule is CN(Cc1ccc(Cl)cc1)c1cc(Br)ccc1CCN. The fourth-order valence-electron chi connectivity index (χ4n) is 2.21. The molecule has 2 aromatic carbocycles. The molecule has 0 atom stereocenters. The van der Waals surface area contributed by atoms with Crippen LogP contribution in [-0.4, -0.2) is 13.6 Å². The van der Waals surface area contributed by atoms with E-state index in [2.05, 4.69) is 58.2 Å². The monoisotopic (exact) mass is 352 g/mol. The Balaban J connectivity index is 2.21. The lowest BCUT2D eigenvalue weighted by molar-refractivity contribution is 0.892. The van der Waals surface area contributed by atoms with Crippen LogP contribution in [0.5, 0.6) is 0 Å². The summed E-state index contributed by atoms with van der Waals surface area (Å²) in [5.41, 5.74) is 9.40. The molecule has 2 N–H and O–H groups in total. The first-order valence-corrected chi connectivity index (χ1v) is 7.71. The molecular formula is C16H18BrClN2. The quantitative estimate of drug-likeness (QED) is 0.871. The van der Waals surface area contributed by atoms with Crippen LogP contribution < -0.4 is 10.6 Å².